The molecule has 0 saturated heterocycles. The summed E-state index contributed by atoms with van der Waals surface area (Å²) in [7, 11) is -1.33. The van der Waals surface area contributed by atoms with Crippen LogP contribution < -0.4 is 18.9 Å². The molecule has 3 heteroatoms. The van der Waals surface area contributed by atoms with Gasteiger partial charge in [-0.2, -0.15) is 0 Å². The molecule has 0 heterocycles. The van der Waals surface area contributed by atoms with E-state index in [2.05, 4.69) is 32.5 Å². The van der Waals surface area contributed by atoms with E-state index in [9.17, 15) is 0 Å². The molecular formula is C5H11LiOSi. The largest absolute Gasteiger partial charge is 1.00 e. The van der Waals surface area contributed by atoms with Gasteiger partial charge in [-0.3, -0.25) is 6.58 Å². The molecule has 0 aliphatic heterocycles. The van der Waals surface area contributed by atoms with Crippen molar-refractivity contribution in [1.82, 2.24) is 0 Å². The molecule has 0 aromatic heterocycles. The van der Waals surface area contributed by atoms with Crippen LogP contribution in [0, 0.1) is 6.26 Å². The summed E-state index contributed by atoms with van der Waals surface area (Å²) in [4.78, 5) is 0. The zero-order chi connectivity index (χ0) is 5.91. The maximum atomic E-state index is 5.01. The molecule has 0 N–H and O–H groups in total. The van der Waals surface area contributed by atoms with Crippen molar-refractivity contribution >= 4 is 8.32 Å². The minimum Gasteiger partial charge on any atom is -0.745 e. The van der Waals surface area contributed by atoms with E-state index in [-0.39, 0.29) is 18.9 Å². The molecule has 0 atom stereocenters. The second-order valence-corrected chi connectivity index (χ2v) is 6.79. The number of rotatable bonds is 2. The summed E-state index contributed by atoms with van der Waals surface area (Å²) in [6.45, 7) is 9.60. The third-order valence-corrected chi connectivity index (χ3v) is 1.14. The molecular weight excluding hydrogens is 111 g/mol. The van der Waals surface area contributed by atoms with E-state index in [0.29, 0.717) is 0 Å². The molecule has 0 amide bonds. The summed E-state index contributed by atoms with van der Waals surface area (Å²) in [5, 5.41) is 0. The molecule has 0 radical (unpaired) electrons. The minimum atomic E-state index is -1.33. The van der Waals surface area contributed by atoms with Gasteiger partial charge in [0.1, 0.15) is 0 Å². The second kappa shape index (κ2) is 4.25. The third kappa shape index (κ3) is 9.61. The summed E-state index contributed by atoms with van der Waals surface area (Å²) in [6.07, 6.45) is 2.42. The Balaban J connectivity index is 0. The minimum absolute atomic E-state index is 0. The Morgan fingerprint density at radius 1 is 1.38 bits per heavy atom. The van der Waals surface area contributed by atoms with Gasteiger partial charge in [-0.1, -0.05) is 0 Å². The predicted molar refractivity (Wildman–Crippen MR) is 33.3 cm³/mol. The van der Waals surface area contributed by atoms with Crippen LogP contribution in [0.3, 0.4) is 0 Å². The zero-order valence-corrected chi connectivity index (χ0v) is 7.12. The Morgan fingerprint density at radius 3 is 1.75 bits per heavy atom. The molecule has 1 nitrogen and oxygen atoms in total. The monoisotopic (exact) mass is 122 g/mol. The van der Waals surface area contributed by atoms with E-state index in [1.807, 2.05) is 0 Å². The number of hydrogen-bond acceptors (Lipinski definition) is 1. The summed E-state index contributed by atoms with van der Waals surface area (Å²) in [5.41, 5.74) is 0. The Kier molecular flexibility index (Phi) is 5.95. The average molecular weight is 122 g/mol. The molecule has 0 aliphatic rings. The zero-order valence-electron chi connectivity index (χ0n) is 6.12. The first kappa shape index (κ1) is 11.2. The Labute approximate surface area is 64.4 Å². The fourth-order valence-electron chi connectivity index (χ4n) is 0.217. The molecule has 0 fully saturated rings. The van der Waals surface area contributed by atoms with Gasteiger partial charge >= 0.3 is 18.9 Å². The van der Waals surface area contributed by atoms with Gasteiger partial charge in [-0.05, 0) is 19.6 Å². The Hall–Kier alpha value is 0.354. The normalized spacial score (nSPS) is 9.38. The van der Waals surface area contributed by atoms with Gasteiger partial charge in [0.2, 0.25) is 8.32 Å². The van der Waals surface area contributed by atoms with Crippen molar-refractivity contribution in [2.24, 2.45) is 0 Å². The van der Waals surface area contributed by atoms with E-state index in [0.717, 1.165) is 0 Å². The van der Waals surface area contributed by atoms with Gasteiger partial charge in [0.15, 0.2) is 0 Å². The molecule has 0 aliphatic carbocycles. The fraction of sp³-hybridized carbons (Fsp3) is 0.600. The standard InChI is InChI=1S/C5H11OSi.Li/c1-5-6-7(2,3)4;/h1H2,2-4H3;/q-1;+1. The summed E-state index contributed by atoms with van der Waals surface area (Å²) in [6, 6.07) is 0. The van der Waals surface area contributed by atoms with Crippen LogP contribution in [0.1, 0.15) is 0 Å². The molecule has 0 spiro atoms. The number of hydrogen-bond donors (Lipinski definition) is 0. The van der Waals surface area contributed by atoms with Gasteiger partial charge in [0.05, 0.1) is 0 Å². The fourth-order valence-corrected chi connectivity index (χ4v) is 0.650. The van der Waals surface area contributed by atoms with Crippen LogP contribution >= 0.6 is 0 Å². The van der Waals surface area contributed by atoms with Crippen molar-refractivity contribution in [3.63, 3.8) is 0 Å². The first-order valence-electron chi connectivity index (χ1n) is 2.26. The Morgan fingerprint density at radius 2 is 1.75 bits per heavy atom. The molecule has 0 saturated carbocycles. The van der Waals surface area contributed by atoms with Crippen LogP contribution in [0.2, 0.25) is 19.6 Å². The Bertz CT molecular complexity index is 67.3. The van der Waals surface area contributed by atoms with Gasteiger partial charge in [0.25, 0.3) is 0 Å². The van der Waals surface area contributed by atoms with Crippen LogP contribution in [0.5, 0.6) is 0 Å². The van der Waals surface area contributed by atoms with Crippen molar-refractivity contribution < 1.29 is 23.3 Å². The van der Waals surface area contributed by atoms with Crippen molar-refractivity contribution in [1.29, 1.82) is 0 Å². The second-order valence-electron chi connectivity index (χ2n) is 2.36. The van der Waals surface area contributed by atoms with Crippen molar-refractivity contribution in [3.8, 4) is 0 Å². The topological polar surface area (TPSA) is 9.23 Å². The molecule has 0 bridgehead atoms. The molecule has 0 rings (SSSR count). The van der Waals surface area contributed by atoms with E-state index in [1.54, 1.807) is 0 Å². The van der Waals surface area contributed by atoms with E-state index >= 15 is 0 Å². The SMILES string of the molecule is C=[C-]O[Si](C)(C)C.[Li+]. The quantitative estimate of drug-likeness (QED) is 0.254. The molecule has 0 aromatic carbocycles. The molecule has 42 valence electrons. The van der Waals surface area contributed by atoms with E-state index < -0.39 is 8.32 Å². The first-order valence-corrected chi connectivity index (χ1v) is 5.67. The van der Waals surface area contributed by atoms with Gasteiger partial charge < -0.3 is 10.7 Å². The van der Waals surface area contributed by atoms with Crippen LogP contribution in [0.25, 0.3) is 0 Å². The smallest absolute Gasteiger partial charge is 0.745 e. The first-order chi connectivity index (χ1) is 3.06. The van der Waals surface area contributed by atoms with Gasteiger partial charge in [-0.15, -0.1) is 0 Å². The summed E-state index contributed by atoms with van der Waals surface area (Å²) < 4.78 is 5.01. The van der Waals surface area contributed by atoms with Crippen molar-refractivity contribution in [2.75, 3.05) is 0 Å². The van der Waals surface area contributed by atoms with Crippen molar-refractivity contribution in [3.05, 3.63) is 12.8 Å². The molecule has 8 heavy (non-hydrogen) atoms. The van der Waals surface area contributed by atoms with Crippen LogP contribution in [-0.2, 0) is 4.43 Å². The van der Waals surface area contributed by atoms with E-state index in [1.165, 1.54) is 0 Å². The van der Waals surface area contributed by atoms with Gasteiger partial charge in [0, 0.05) is 0 Å². The van der Waals surface area contributed by atoms with Gasteiger partial charge in [-0.25, -0.2) is 0 Å². The maximum Gasteiger partial charge on any atom is 1.00 e. The average Bonchev–Trinajstić information content (AvgIpc) is 1.30. The maximum absolute atomic E-state index is 5.01. The summed E-state index contributed by atoms with van der Waals surface area (Å²) >= 11 is 0. The predicted octanol–water partition coefficient (Wildman–Crippen LogP) is -1.21. The molecule has 0 aromatic rings. The summed E-state index contributed by atoms with van der Waals surface area (Å²) in [5.74, 6) is 0. The van der Waals surface area contributed by atoms with Crippen LogP contribution in [0.4, 0.5) is 0 Å². The van der Waals surface area contributed by atoms with E-state index in [4.69, 9.17) is 4.43 Å². The van der Waals surface area contributed by atoms with Crippen molar-refractivity contribution in [2.45, 2.75) is 19.6 Å². The van der Waals surface area contributed by atoms with Crippen LogP contribution in [-0.4, -0.2) is 8.32 Å². The third-order valence-electron chi connectivity index (χ3n) is 0.378. The molecule has 0 unspecified atom stereocenters. The van der Waals surface area contributed by atoms with Crippen LogP contribution in [0.15, 0.2) is 6.58 Å².